The summed E-state index contributed by atoms with van der Waals surface area (Å²) in [5, 5.41) is 4.48. The number of hydrogen-bond acceptors (Lipinski definition) is 5. The van der Waals surface area contributed by atoms with Crippen LogP contribution in [-0.4, -0.2) is 80.0 Å². The van der Waals surface area contributed by atoms with Crippen molar-refractivity contribution in [1.82, 2.24) is 24.4 Å². The highest BCUT2D eigenvalue weighted by Gasteiger charge is 2.60. The van der Waals surface area contributed by atoms with Crippen LogP contribution >= 0.6 is 0 Å². The average Bonchev–Trinajstić information content (AvgIpc) is 3.43. The number of fused-ring (bicyclic) bond motifs is 1. The van der Waals surface area contributed by atoms with Crippen molar-refractivity contribution in [3.63, 3.8) is 0 Å². The molecule has 0 bridgehead atoms. The molecule has 36 heavy (non-hydrogen) atoms. The number of piperidine rings is 1. The Morgan fingerprint density at radius 3 is 2.31 bits per heavy atom. The van der Waals surface area contributed by atoms with Crippen LogP contribution in [0.15, 0.2) is 18.3 Å². The number of ether oxygens (including phenoxy) is 1. The molecule has 3 fully saturated rings. The summed E-state index contributed by atoms with van der Waals surface area (Å²) in [4.78, 5) is 32.4. The van der Waals surface area contributed by atoms with Gasteiger partial charge in [0.15, 0.2) is 11.3 Å². The van der Waals surface area contributed by atoms with Gasteiger partial charge in [-0.1, -0.05) is 0 Å². The molecular formula is C22H23F6N5O3. The van der Waals surface area contributed by atoms with Crippen molar-refractivity contribution in [2.75, 3.05) is 19.6 Å². The van der Waals surface area contributed by atoms with E-state index in [2.05, 4.69) is 14.8 Å². The molecule has 14 heteroatoms. The maximum absolute atomic E-state index is 13.4. The molecule has 1 saturated carbocycles. The van der Waals surface area contributed by atoms with Crippen LogP contribution in [0.25, 0.3) is 5.65 Å². The van der Waals surface area contributed by atoms with Crippen molar-refractivity contribution < 1.29 is 40.7 Å². The lowest BCUT2D eigenvalue weighted by Crippen LogP contribution is -2.56. The van der Waals surface area contributed by atoms with Gasteiger partial charge in [0, 0.05) is 49.0 Å². The Labute approximate surface area is 201 Å². The topological polar surface area (TPSA) is 80.0 Å². The summed E-state index contributed by atoms with van der Waals surface area (Å²) in [6.45, 7) is 0.164. The standard InChI is InChI=1S/C22H23F6N5O3/c23-21(24,25)18(22(26,27)28)36-19(35)31-10-6-20(7-11-31)5-1-9-32(20)17(34)14-12-16-29-8-4-15(13-2-3-13)33(16)30-14/h4,8,12-13,18H,1-3,5-7,9-11H2. The number of halogens is 6. The number of rotatable bonds is 3. The van der Waals surface area contributed by atoms with Crippen LogP contribution in [0.5, 0.6) is 0 Å². The Bertz CT molecular complexity index is 1150. The zero-order chi connectivity index (χ0) is 25.9. The zero-order valence-corrected chi connectivity index (χ0v) is 19.0. The molecule has 196 valence electrons. The fraction of sp³-hybridized carbons (Fsp3) is 0.636. The SMILES string of the molecule is O=C(OC(C(F)(F)F)C(F)(F)F)N1CCC2(CCCN2C(=O)c2cc3nccc(C4CC4)n3n2)CC1. The highest BCUT2D eigenvalue weighted by molar-refractivity contribution is 5.94. The van der Waals surface area contributed by atoms with Crippen molar-refractivity contribution in [2.24, 2.45) is 0 Å². The molecule has 2 aromatic heterocycles. The molecule has 5 rings (SSSR count). The minimum atomic E-state index is -5.78. The Hall–Kier alpha value is -3.06. The lowest BCUT2D eigenvalue weighted by atomic mass is 9.85. The lowest BCUT2D eigenvalue weighted by Gasteiger charge is -2.44. The molecule has 0 radical (unpaired) electrons. The van der Waals surface area contributed by atoms with Crippen LogP contribution in [-0.2, 0) is 4.74 Å². The van der Waals surface area contributed by atoms with E-state index in [4.69, 9.17) is 0 Å². The van der Waals surface area contributed by atoms with Gasteiger partial charge in [0.25, 0.3) is 12.0 Å². The second-order valence-corrected chi connectivity index (χ2v) is 9.56. The first kappa shape index (κ1) is 24.6. The van der Waals surface area contributed by atoms with E-state index in [1.165, 1.54) is 0 Å². The summed E-state index contributed by atoms with van der Waals surface area (Å²) in [5.41, 5.74) is 1.09. The predicted octanol–water partition coefficient (Wildman–Crippen LogP) is 4.31. The molecule has 1 spiro atoms. The first-order valence-corrected chi connectivity index (χ1v) is 11.6. The fourth-order valence-corrected chi connectivity index (χ4v) is 5.22. The minimum Gasteiger partial charge on any atom is -0.426 e. The van der Waals surface area contributed by atoms with E-state index in [9.17, 15) is 35.9 Å². The predicted molar refractivity (Wildman–Crippen MR) is 111 cm³/mol. The van der Waals surface area contributed by atoms with E-state index in [1.807, 2.05) is 6.07 Å². The third kappa shape index (κ3) is 4.45. The van der Waals surface area contributed by atoms with Crippen LogP contribution in [0.2, 0.25) is 0 Å². The minimum absolute atomic E-state index is 0.135. The van der Waals surface area contributed by atoms with Gasteiger partial charge in [0.1, 0.15) is 0 Å². The van der Waals surface area contributed by atoms with E-state index in [1.54, 1.807) is 21.7 Å². The van der Waals surface area contributed by atoms with Gasteiger partial charge in [-0.05, 0) is 44.6 Å². The van der Waals surface area contributed by atoms with Gasteiger partial charge >= 0.3 is 18.4 Å². The van der Waals surface area contributed by atoms with Crippen molar-refractivity contribution in [1.29, 1.82) is 0 Å². The summed E-state index contributed by atoms with van der Waals surface area (Å²) >= 11 is 0. The van der Waals surface area contributed by atoms with Gasteiger partial charge in [-0.25, -0.2) is 14.3 Å². The molecule has 8 nitrogen and oxygen atoms in total. The third-order valence-corrected chi connectivity index (χ3v) is 7.21. The number of amides is 2. The van der Waals surface area contributed by atoms with Crippen molar-refractivity contribution >= 4 is 17.6 Å². The van der Waals surface area contributed by atoms with Gasteiger partial charge < -0.3 is 14.5 Å². The number of carbonyl (C=O) groups is 2. The van der Waals surface area contributed by atoms with Crippen molar-refractivity contribution in [3.8, 4) is 0 Å². The van der Waals surface area contributed by atoms with Crippen LogP contribution < -0.4 is 0 Å². The fourth-order valence-electron chi connectivity index (χ4n) is 5.22. The molecule has 0 N–H and O–H groups in total. The monoisotopic (exact) mass is 519 g/mol. The number of hydrogen-bond donors (Lipinski definition) is 0. The van der Waals surface area contributed by atoms with Gasteiger partial charge in [0.05, 0.1) is 0 Å². The normalized spacial score (nSPS) is 20.5. The summed E-state index contributed by atoms with van der Waals surface area (Å²) in [6, 6.07) is 3.49. The smallest absolute Gasteiger partial charge is 0.426 e. The van der Waals surface area contributed by atoms with Crippen LogP contribution in [0, 0.1) is 0 Å². The third-order valence-electron chi connectivity index (χ3n) is 7.21. The molecule has 2 aromatic rings. The molecule has 1 aliphatic carbocycles. The number of aromatic nitrogens is 3. The Kier molecular flexibility index (Phi) is 5.82. The largest absolute Gasteiger partial charge is 0.434 e. The molecule has 2 saturated heterocycles. The molecule has 0 unspecified atom stereocenters. The van der Waals surface area contributed by atoms with E-state index in [0.717, 1.165) is 23.4 Å². The molecule has 4 heterocycles. The molecular weight excluding hydrogens is 496 g/mol. The summed E-state index contributed by atoms with van der Waals surface area (Å²) < 4.78 is 82.1. The first-order valence-electron chi connectivity index (χ1n) is 11.6. The Morgan fingerprint density at radius 2 is 1.69 bits per heavy atom. The average molecular weight is 519 g/mol. The van der Waals surface area contributed by atoms with Gasteiger partial charge in [-0.3, -0.25) is 4.79 Å². The summed E-state index contributed by atoms with van der Waals surface area (Å²) in [7, 11) is 0. The highest BCUT2D eigenvalue weighted by atomic mass is 19.4. The molecule has 2 amide bonds. The van der Waals surface area contributed by atoms with Crippen LogP contribution in [0.3, 0.4) is 0 Å². The number of carbonyl (C=O) groups excluding carboxylic acids is 2. The van der Waals surface area contributed by atoms with Gasteiger partial charge in [0.2, 0.25) is 0 Å². The van der Waals surface area contributed by atoms with Crippen LogP contribution in [0.1, 0.15) is 60.6 Å². The Morgan fingerprint density at radius 1 is 1.03 bits per heavy atom. The lowest BCUT2D eigenvalue weighted by molar-refractivity contribution is -0.308. The Balaban J connectivity index is 1.28. The maximum Gasteiger partial charge on any atom is 0.434 e. The molecule has 3 aliphatic rings. The number of likely N-dealkylation sites (tertiary alicyclic amines) is 2. The van der Waals surface area contributed by atoms with Crippen LogP contribution in [0.4, 0.5) is 31.1 Å². The summed E-state index contributed by atoms with van der Waals surface area (Å²) in [6.07, 6.45) is -12.0. The van der Waals surface area contributed by atoms with E-state index in [-0.39, 0.29) is 37.5 Å². The second kappa shape index (κ2) is 8.51. The number of alkyl halides is 6. The first-order chi connectivity index (χ1) is 16.9. The zero-order valence-electron chi connectivity index (χ0n) is 19.0. The highest BCUT2D eigenvalue weighted by Crippen LogP contribution is 2.42. The van der Waals surface area contributed by atoms with Gasteiger partial charge in [-0.15, -0.1) is 0 Å². The van der Waals surface area contributed by atoms with E-state index in [0.29, 0.717) is 31.0 Å². The molecule has 0 atom stereocenters. The molecule has 2 aliphatic heterocycles. The summed E-state index contributed by atoms with van der Waals surface area (Å²) in [5.74, 6) is 0.0693. The van der Waals surface area contributed by atoms with E-state index >= 15 is 0 Å². The quantitative estimate of drug-likeness (QED) is 0.565. The van der Waals surface area contributed by atoms with Crippen molar-refractivity contribution in [2.45, 2.75) is 68.4 Å². The molecule has 0 aromatic carbocycles. The second-order valence-electron chi connectivity index (χ2n) is 9.56. The number of nitrogens with zero attached hydrogens (tertiary/aromatic N) is 5. The maximum atomic E-state index is 13.4. The van der Waals surface area contributed by atoms with E-state index < -0.39 is 30.1 Å². The van der Waals surface area contributed by atoms with Gasteiger partial charge in [-0.2, -0.15) is 31.4 Å². The van der Waals surface area contributed by atoms with Crippen molar-refractivity contribution in [3.05, 3.63) is 29.7 Å².